The number of alkyl halides is 1. The maximum Gasteiger partial charge on any atom is 0.279 e. The van der Waals surface area contributed by atoms with E-state index in [0.29, 0.717) is 11.1 Å². The Kier molecular flexibility index (Phi) is 5.85. The first-order valence-electron chi connectivity index (χ1n) is 9.18. The smallest absolute Gasteiger partial charge is 0.279 e. The Balaban J connectivity index is 1.95. The summed E-state index contributed by atoms with van der Waals surface area (Å²) in [7, 11) is 0. The molecule has 1 fully saturated rings. The highest BCUT2D eigenvalue weighted by atomic mass is 19.1. The van der Waals surface area contributed by atoms with Crippen LogP contribution in [0.15, 0.2) is 42.5 Å². The van der Waals surface area contributed by atoms with Crippen LogP contribution in [0.25, 0.3) is 0 Å². The van der Waals surface area contributed by atoms with Crippen LogP contribution in [0.1, 0.15) is 48.9 Å². The highest BCUT2D eigenvalue weighted by molar-refractivity contribution is 5.81. The molecule has 2 aromatic rings. The molecule has 0 unspecified atom stereocenters. The summed E-state index contributed by atoms with van der Waals surface area (Å²) in [4.78, 5) is 12.6. The van der Waals surface area contributed by atoms with Gasteiger partial charge in [-0.3, -0.25) is 4.79 Å². The minimum absolute atomic E-state index is 0.0290. The van der Waals surface area contributed by atoms with Crippen LogP contribution in [0.2, 0.25) is 0 Å². The van der Waals surface area contributed by atoms with Crippen molar-refractivity contribution in [3.8, 4) is 0 Å². The molecule has 1 aliphatic rings. The van der Waals surface area contributed by atoms with E-state index in [2.05, 4.69) is 5.32 Å². The van der Waals surface area contributed by atoms with Crippen molar-refractivity contribution < 1.29 is 23.3 Å². The molecule has 27 heavy (non-hydrogen) atoms. The third kappa shape index (κ3) is 4.33. The predicted octanol–water partition coefficient (Wildman–Crippen LogP) is 2.97. The Morgan fingerprint density at radius 1 is 1.11 bits per heavy atom. The number of amides is 1. The molecular weight excluding hydrogens is 353 g/mol. The number of nitrogens with one attached hydrogen (secondary N) is 1. The lowest BCUT2D eigenvalue weighted by Gasteiger charge is -2.22. The molecule has 1 saturated heterocycles. The van der Waals surface area contributed by atoms with Gasteiger partial charge in [0, 0.05) is 12.0 Å². The van der Waals surface area contributed by atoms with E-state index in [1.54, 1.807) is 43.4 Å². The first-order chi connectivity index (χ1) is 12.9. The molecule has 1 amide bonds. The molecule has 0 spiro atoms. The van der Waals surface area contributed by atoms with Crippen molar-refractivity contribution in [2.45, 2.75) is 44.4 Å². The Bertz CT molecular complexity index is 787. The minimum Gasteiger partial charge on any atom is -0.340 e. The normalized spacial score (nSPS) is 20.7. The van der Waals surface area contributed by atoms with E-state index in [9.17, 15) is 18.0 Å². The quantitative estimate of drug-likeness (QED) is 0.827. The molecule has 1 heterocycles. The highest BCUT2D eigenvalue weighted by Gasteiger charge is 2.35. The number of rotatable bonds is 5. The summed E-state index contributed by atoms with van der Waals surface area (Å²) in [6, 6.07) is 10.3. The monoisotopic (exact) mass is 377 g/mol. The molecule has 144 valence electrons. The second kappa shape index (κ2) is 8.13. The van der Waals surface area contributed by atoms with Gasteiger partial charge in [0.25, 0.3) is 5.91 Å². The lowest BCUT2D eigenvalue weighted by atomic mass is 9.94. The SMILES string of the molecule is CC(C)c1c(F)cc([C@@H](NC(=O)[C@@H]2C[C@@H](F)C[NH2+]2)c2ccccc2)cc1F. The lowest BCUT2D eigenvalue weighted by molar-refractivity contribution is -0.659. The third-order valence-electron chi connectivity index (χ3n) is 4.95. The summed E-state index contributed by atoms with van der Waals surface area (Å²) in [5.41, 5.74) is 1.06. The van der Waals surface area contributed by atoms with Crippen LogP contribution in [0, 0.1) is 11.6 Å². The third-order valence-corrected chi connectivity index (χ3v) is 4.95. The number of benzene rings is 2. The van der Waals surface area contributed by atoms with Crippen molar-refractivity contribution in [3.63, 3.8) is 0 Å². The fourth-order valence-electron chi connectivity index (χ4n) is 3.57. The van der Waals surface area contributed by atoms with Gasteiger partial charge in [0.15, 0.2) is 12.2 Å². The number of quaternary nitrogens is 1. The molecule has 3 atom stereocenters. The van der Waals surface area contributed by atoms with Crippen molar-refractivity contribution >= 4 is 5.91 Å². The Morgan fingerprint density at radius 3 is 2.26 bits per heavy atom. The summed E-state index contributed by atoms with van der Waals surface area (Å²) in [5, 5.41) is 4.50. The van der Waals surface area contributed by atoms with Gasteiger partial charge < -0.3 is 10.6 Å². The molecule has 3 rings (SSSR count). The first-order valence-corrected chi connectivity index (χ1v) is 9.18. The number of nitrogens with two attached hydrogens (primary N) is 1. The molecule has 3 nitrogen and oxygen atoms in total. The topological polar surface area (TPSA) is 45.7 Å². The van der Waals surface area contributed by atoms with Gasteiger partial charge in [-0.05, 0) is 29.2 Å². The first kappa shape index (κ1) is 19.4. The van der Waals surface area contributed by atoms with E-state index >= 15 is 0 Å². The van der Waals surface area contributed by atoms with Crippen LogP contribution in [0.3, 0.4) is 0 Å². The largest absolute Gasteiger partial charge is 0.340 e. The van der Waals surface area contributed by atoms with Crippen molar-refractivity contribution in [2.24, 2.45) is 0 Å². The van der Waals surface area contributed by atoms with E-state index in [-0.39, 0.29) is 30.4 Å². The number of hydrogen-bond donors (Lipinski definition) is 2. The molecule has 0 bridgehead atoms. The molecule has 6 heteroatoms. The lowest BCUT2D eigenvalue weighted by Crippen LogP contribution is -2.89. The van der Waals surface area contributed by atoms with Gasteiger partial charge in [-0.15, -0.1) is 0 Å². The van der Waals surface area contributed by atoms with Crippen LogP contribution < -0.4 is 10.6 Å². The second-order valence-electron chi connectivity index (χ2n) is 7.32. The van der Waals surface area contributed by atoms with Crippen molar-refractivity contribution in [2.75, 3.05) is 6.54 Å². The molecule has 0 saturated carbocycles. The van der Waals surface area contributed by atoms with Crippen LogP contribution in [-0.4, -0.2) is 24.7 Å². The van der Waals surface area contributed by atoms with E-state index in [4.69, 9.17) is 0 Å². The highest BCUT2D eigenvalue weighted by Crippen LogP contribution is 2.29. The second-order valence-corrected chi connectivity index (χ2v) is 7.32. The number of hydrogen-bond acceptors (Lipinski definition) is 1. The van der Waals surface area contributed by atoms with Gasteiger partial charge in [-0.25, -0.2) is 13.2 Å². The maximum absolute atomic E-state index is 14.5. The number of halogens is 3. The molecule has 1 aliphatic heterocycles. The summed E-state index contributed by atoms with van der Waals surface area (Å²) < 4.78 is 42.5. The molecule has 3 N–H and O–H groups in total. The summed E-state index contributed by atoms with van der Waals surface area (Å²) in [6.07, 6.45) is -0.876. The fraction of sp³-hybridized carbons (Fsp3) is 0.381. The van der Waals surface area contributed by atoms with Gasteiger partial charge in [-0.2, -0.15) is 0 Å². The van der Waals surface area contributed by atoms with E-state index < -0.39 is 29.9 Å². The van der Waals surface area contributed by atoms with Crippen molar-refractivity contribution in [1.29, 1.82) is 0 Å². The fourth-order valence-corrected chi connectivity index (χ4v) is 3.57. The average Bonchev–Trinajstić information content (AvgIpc) is 3.06. The Hall–Kier alpha value is -2.34. The van der Waals surface area contributed by atoms with Gasteiger partial charge in [0.05, 0.1) is 6.04 Å². The van der Waals surface area contributed by atoms with E-state index in [1.807, 2.05) is 6.07 Å². The van der Waals surface area contributed by atoms with E-state index in [0.717, 1.165) is 0 Å². The number of carbonyl (C=O) groups excluding carboxylic acids is 1. The number of carbonyl (C=O) groups is 1. The van der Waals surface area contributed by atoms with Crippen molar-refractivity contribution in [3.05, 3.63) is 70.8 Å². The zero-order chi connectivity index (χ0) is 19.6. The molecule has 0 aliphatic carbocycles. The molecule has 0 aromatic heterocycles. The predicted molar refractivity (Wildman–Crippen MR) is 97.0 cm³/mol. The minimum atomic E-state index is -1.02. The molecule has 0 radical (unpaired) electrons. The van der Waals surface area contributed by atoms with Crippen LogP contribution in [-0.2, 0) is 4.79 Å². The summed E-state index contributed by atoms with van der Waals surface area (Å²) in [5.74, 6) is -1.89. The summed E-state index contributed by atoms with van der Waals surface area (Å²) in [6.45, 7) is 3.70. The zero-order valence-electron chi connectivity index (χ0n) is 15.4. The van der Waals surface area contributed by atoms with Crippen LogP contribution in [0.5, 0.6) is 0 Å². The Labute approximate surface area is 157 Å². The average molecular weight is 377 g/mol. The van der Waals surface area contributed by atoms with Crippen LogP contribution >= 0.6 is 0 Å². The van der Waals surface area contributed by atoms with Gasteiger partial charge in [0.1, 0.15) is 18.2 Å². The van der Waals surface area contributed by atoms with Gasteiger partial charge in [0.2, 0.25) is 0 Å². The molecule has 2 aromatic carbocycles. The zero-order valence-corrected chi connectivity index (χ0v) is 15.4. The van der Waals surface area contributed by atoms with E-state index in [1.165, 1.54) is 12.1 Å². The van der Waals surface area contributed by atoms with Gasteiger partial charge >= 0.3 is 0 Å². The Morgan fingerprint density at radius 2 is 1.74 bits per heavy atom. The molecular formula is C21H24F3N2O+. The van der Waals surface area contributed by atoms with Gasteiger partial charge in [-0.1, -0.05) is 44.2 Å². The van der Waals surface area contributed by atoms with Crippen LogP contribution in [0.4, 0.5) is 13.2 Å². The maximum atomic E-state index is 14.5. The summed E-state index contributed by atoms with van der Waals surface area (Å²) >= 11 is 0. The van der Waals surface area contributed by atoms with Crippen molar-refractivity contribution in [1.82, 2.24) is 5.32 Å². The standard InChI is InChI=1S/C21H23F3N2O/c1-12(2)19-16(23)8-14(9-17(19)24)20(13-6-4-3-5-7-13)26-21(27)18-10-15(22)11-25-18/h3-9,12,15,18,20,25H,10-11H2,1-2H3,(H,26,27)/p+1/t15-,18+,20+/m1/s1.